The predicted molar refractivity (Wildman–Crippen MR) is 46.2 cm³/mol. The third-order valence-corrected chi connectivity index (χ3v) is 1.86. The van der Waals surface area contributed by atoms with Crippen LogP contribution in [0.5, 0.6) is 0 Å². The molecule has 0 aromatic rings. The summed E-state index contributed by atoms with van der Waals surface area (Å²) in [5.41, 5.74) is 0.416. The van der Waals surface area contributed by atoms with Crippen LogP contribution >= 0.6 is 15.9 Å². The average molecular weight is 218 g/mol. The van der Waals surface area contributed by atoms with Crippen molar-refractivity contribution in [1.29, 1.82) is 0 Å². The Labute approximate surface area is 73.0 Å². The summed E-state index contributed by atoms with van der Waals surface area (Å²) in [5, 5.41) is 8.63. The molecule has 0 fully saturated rings. The second-order valence-electron chi connectivity index (χ2n) is 2.48. The molecule has 0 aromatic carbocycles. The van der Waals surface area contributed by atoms with E-state index in [2.05, 4.69) is 20.9 Å². The maximum atomic E-state index is 10.5. The number of dihydropyridines is 1. The number of rotatable bonds is 1. The summed E-state index contributed by atoms with van der Waals surface area (Å²) < 4.78 is 0.619. The fraction of sp³-hybridized carbons (Fsp3) is 0.429. The summed E-state index contributed by atoms with van der Waals surface area (Å²) in [6.07, 6.45) is 2.06. The van der Waals surface area contributed by atoms with Crippen molar-refractivity contribution >= 4 is 26.5 Å². The normalized spacial score (nSPS) is 24.0. The maximum absolute atomic E-state index is 10.5. The van der Waals surface area contributed by atoms with E-state index >= 15 is 0 Å². The van der Waals surface area contributed by atoms with E-state index in [-0.39, 0.29) is 6.04 Å². The largest absolute Gasteiger partial charge is 0.478 e. The smallest absolute Gasteiger partial charge is 0.331 e. The summed E-state index contributed by atoms with van der Waals surface area (Å²) in [5.74, 6) is -0.858. The predicted octanol–water partition coefficient (Wildman–Crippen LogP) is 1.58. The molecule has 0 aromatic heterocycles. The summed E-state index contributed by atoms with van der Waals surface area (Å²) >= 11 is 3.15. The van der Waals surface area contributed by atoms with Crippen molar-refractivity contribution in [3.8, 4) is 0 Å². The molecule has 0 saturated carbocycles. The van der Waals surface area contributed by atoms with Gasteiger partial charge in [0, 0.05) is 12.0 Å². The van der Waals surface area contributed by atoms with Crippen molar-refractivity contribution in [1.82, 2.24) is 0 Å². The van der Waals surface area contributed by atoms with Gasteiger partial charge in [0.05, 0.1) is 6.04 Å². The van der Waals surface area contributed by atoms with Crippen molar-refractivity contribution in [3.05, 3.63) is 11.6 Å². The number of halogens is 1. The Morgan fingerprint density at radius 1 is 1.91 bits per heavy atom. The molecule has 0 amide bonds. The Morgan fingerprint density at radius 3 is 3.00 bits per heavy atom. The van der Waals surface area contributed by atoms with E-state index in [0.717, 1.165) is 0 Å². The maximum Gasteiger partial charge on any atom is 0.331 e. The number of allylic oxidation sites excluding steroid dienone is 1. The highest BCUT2D eigenvalue weighted by Crippen LogP contribution is 2.16. The Bertz CT molecular complexity index is 245. The Balaban J connectivity index is 2.84. The fourth-order valence-corrected chi connectivity index (χ4v) is 1.59. The second-order valence-corrected chi connectivity index (χ2v) is 3.29. The van der Waals surface area contributed by atoms with Crippen LogP contribution in [0.25, 0.3) is 0 Å². The number of aliphatic imine (C=N–C) groups is 1. The van der Waals surface area contributed by atoms with Gasteiger partial charge in [-0.1, -0.05) is 0 Å². The zero-order valence-electron chi connectivity index (χ0n) is 6.04. The number of carboxylic acids is 1. The summed E-state index contributed by atoms with van der Waals surface area (Å²) in [6.45, 7) is 1.89. The van der Waals surface area contributed by atoms with Gasteiger partial charge in [-0.05, 0) is 28.9 Å². The van der Waals surface area contributed by atoms with Crippen molar-refractivity contribution in [3.63, 3.8) is 0 Å². The van der Waals surface area contributed by atoms with Crippen LogP contribution in [0.4, 0.5) is 0 Å². The molecule has 0 spiro atoms. The lowest BCUT2D eigenvalue weighted by Gasteiger charge is -2.11. The van der Waals surface area contributed by atoms with Gasteiger partial charge in [0.1, 0.15) is 4.62 Å². The first-order chi connectivity index (χ1) is 5.09. The zero-order valence-corrected chi connectivity index (χ0v) is 7.63. The molecule has 1 unspecified atom stereocenters. The molecule has 1 N–H and O–H groups in total. The van der Waals surface area contributed by atoms with Crippen molar-refractivity contribution in [2.75, 3.05) is 0 Å². The highest BCUT2D eigenvalue weighted by atomic mass is 79.9. The van der Waals surface area contributed by atoms with Gasteiger partial charge in [0.15, 0.2) is 0 Å². The topological polar surface area (TPSA) is 49.7 Å². The lowest BCUT2D eigenvalue weighted by molar-refractivity contribution is -0.132. The van der Waals surface area contributed by atoms with Crippen LogP contribution in [-0.4, -0.2) is 21.7 Å². The number of nitrogens with zero attached hydrogens (tertiary/aromatic N) is 1. The van der Waals surface area contributed by atoms with Gasteiger partial charge in [-0.2, -0.15) is 0 Å². The van der Waals surface area contributed by atoms with E-state index in [1.165, 1.54) is 0 Å². The standard InChI is InChI=1S/C7H8BrNO2/c1-4-2-5(7(10)11)3-6(8)9-4/h3-4H,2H2,1H3,(H,10,11). The Hall–Kier alpha value is -0.640. The van der Waals surface area contributed by atoms with Crippen LogP contribution < -0.4 is 0 Å². The van der Waals surface area contributed by atoms with E-state index in [1.54, 1.807) is 6.08 Å². The van der Waals surface area contributed by atoms with Crippen molar-refractivity contribution in [2.45, 2.75) is 19.4 Å². The van der Waals surface area contributed by atoms with E-state index in [4.69, 9.17) is 5.11 Å². The molecule has 11 heavy (non-hydrogen) atoms. The van der Waals surface area contributed by atoms with Crippen LogP contribution in [-0.2, 0) is 4.79 Å². The molecule has 1 rings (SSSR count). The van der Waals surface area contributed by atoms with Crippen molar-refractivity contribution < 1.29 is 9.90 Å². The number of carboxylic acid groups (broad SMARTS) is 1. The first kappa shape index (κ1) is 8.46. The minimum Gasteiger partial charge on any atom is -0.478 e. The van der Waals surface area contributed by atoms with Crippen LogP contribution in [0, 0.1) is 0 Å². The number of hydrogen-bond acceptors (Lipinski definition) is 2. The highest BCUT2D eigenvalue weighted by molar-refractivity contribution is 9.18. The van der Waals surface area contributed by atoms with Crippen LogP contribution in [0.15, 0.2) is 16.6 Å². The molecule has 4 heteroatoms. The van der Waals surface area contributed by atoms with Gasteiger partial charge >= 0.3 is 5.97 Å². The first-order valence-corrected chi connectivity index (χ1v) is 4.06. The molecule has 1 heterocycles. The highest BCUT2D eigenvalue weighted by Gasteiger charge is 2.16. The molecule has 0 saturated heterocycles. The second kappa shape index (κ2) is 3.17. The summed E-state index contributed by atoms with van der Waals surface area (Å²) in [4.78, 5) is 14.6. The van der Waals surface area contributed by atoms with Crippen LogP contribution in [0.1, 0.15) is 13.3 Å². The molecule has 1 atom stereocenters. The van der Waals surface area contributed by atoms with Crippen LogP contribution in [0.2, 0.25) is 0 Å². The first-order valence-electron chi connectivity index (χ1n) is 3.27. The third-order valence-electron chi connectivity index (χ3n) is 1.43. The van der Waals surface area contributed by atoms with Gasteiger partial charge in [-0.15, -0.1) is 0 Å². The van der Waals surface area contributed by atoms with Gasteiger partial charge in [-0.25, -0.2) is 4.79 Å². The van der Waals surface area contributed by atoms with E-state index in [1.807, 2.05) is 6.92 Å². The lowest BCUT2D eigenvalue weighted by atomic mass is 10.1. The van der Waals surface area contributed by atoms with Gasteiger partial charge in [-0.3, -0.25) is 4.99 Å². The molecule has 0 radical (unpaired) electrons. The molecule has 1 aliphatic rings. The van der Waals surface area contributed by atoms with E-state index in [0.29, 0.717) is 16.6 Å². The zero-order chi connectivity index (χ0) is 8.43. The number of aliphatic carboxylic acids is 1. The van der Waals surface area contributed by atoms with E-state index in [9.17, 15) is 4.79 Å². The van der Waals surface area contributed by atoms with Gasteiger partial charge in [0.2, 0.25) is 0 Å². The van der Waals surface area contributed by atoms with E-state index < -0.39 is 5.97 Å². The average Bonchev–Trinajstić information content (AvgIpc) is 1.85. The Kier molecular flexibility index (Phi) is 2.44. The fourth-order valence-electron chi connectivity index (χ4n) is 0.963. The molecule has 0 aliphatic carbocycles. The molecule has 1 aliphatic heterocycles. The quantitative estimate of drug-likeness (QED) is 0.726. The molecule has 60 valence electrons. The minimum atomic E-state index is -0.858. The third kappa shape index (κ3) is 2.15. The summed E-state index contributed by atoms with van der Waals surface area (Å²) in [7, 11) is 0. The molecule has 3 nitrogen and oxygen atoms in total. The van der Waals surface area contributed by atoms with Crippen LogP contribution in [0.3, 0.4) is 0 Å². The minimum absolute atomic E-state index is 0.0699. The van der Waals surface area contributed by atoms with Gasteiger partial charge in [0.25, 0.3) is 0 Å². The van der Waals surface area contributed by atoms with Crippen molar-refractivity contribution in [2.24, 2.45) is 4.99 Å². The SMILES string of the molecule is CC1CC(C(=O)O)=CC(Br)=N1. The summed E-state index contributed by atoms with van der Waals surface area (Å²) in [6, 6.07) is 0.0699. The number of hydrogen-bond donors (Lipinski definition) is 1. The molecular weight excluding hydrogens is 210 g/mol. The molecule has 0 bridgehead atoms. The monoisotopic (exact) mass is 217 g/mol. The number of carbonyl (C=O) groups is 1. The van der Waals surface area contributed by atoms with Gasteiger partial charge < -0.3 is 5.11 Å². The Morgan fingerprint density at radius 2 is 2.55 bits per heavy atom. The molecular formula is C7H8BrNO2. The lowest BCUT2D eigenvalue weighted by Crippen LogP contribution is -2.13.